The lowest BCUT2D eigenvalue weighted by Crippen LogP contribution is -2.42. The molecule has 2 aromatic rings. The van der Waals surface area contributed by atoms with Crippen LogP contribution in [-0.2, 0) is 26.0 Å². The maximum atomic E-state index is 13.8. The summed E-state index contributed by atoms with van der Waals surface area (Å²) in [6.07, 6.45) is 2.44. The predicted octanol–water partition coefficient (Wildman–Crippen LogP) is 3.55. The summed E-state index contributed by atoms with van der Waals surface area (Å²) in [4.78, 5) is 24.4. The molecule has 0 saturated heterocycles. The van der Waals surface area contributed by atoms with Gasteiger partial charge in [-0.15, -0.1) is 0 Å². The topological polar surface area (TPSA) is 95.6 Å². The monoisotopic (exact) mass is 457 g/mol. The van der Waals surface area contributed by atoms with Crippen molar-refractivity contribution < 1.29 is 18.0 Å². The minimum Gasteiger partial charge on any atom is -0.356 e. The first-order valence-corrected chi connectivity index (χ1v) is 12.4. The zero-order chi connectivity index (χ0) is 23.3. The summed E-state index contributed by atoms with van der Waals surface area (Å²) in [5.41, 5.74) is 2.91. The van der Waals surface area contributed by atoms with Crippen LogP contribution in [0.3, 0.4) is 0 Å². The van der Waals surface area contributed by atoms with Gasteiger partial charge in [0.15, 0.2) is 0 Å². The van der Waals surface area contributed by atoms with Crippen LogP contribution in [0.25, 0.3) is 0 Å². The highest BCUT2D eigenvalue weighted by Crippen LogP contribution is 2.38. The van der Waals surface area contributed by atoms with Crippen LogP contribution in [0.2, 0.25) is 0 Å². The number of nitrogens with one attached hydrogen (secondary N) is 2. The van der Waals surface area contributed by atoms with E-state index < -0.39 is 16.1 Å². The standard InChI is InChI=1S/C24H31N3O4S/c1-4-5-13-25-24(29)16-22-20-9-7-6-8-19(20)12-14-27(22)32(30,31)23-15-17(2)10-11-21(23)26-18(3)28/h6-11,15,22H,4-5,12-14,16H2,1-3H3,(H,25,29)(H,26,28)/t22-/m0/s1. The molecular weight excluding hydrogens is 426 g/mol. The van der Waals surface area contributed by atoms with Gasteiger partial charge in [0.2, 0.25) is 21.8 Å². The van der Waals surface area contributed by atoms with E-state index in [1.807, 2.05) is 31.2 Å². The van der Waals surface area contributed by atoms with Gasteiger partial charge in [0.05, 0.1) is 11.7 Å². The Morgan fingerprint density at radius 3 is 2.62 bits per heavy atom. The van der Waals surface area contributed by atoms with Crippen molar-refractivity contribution in [3.63, 3.8) is 0 Å². The Bertz CT molecular complexity index is 1100. The van der Waals surface area contributed by atoms with Crippen LogP contribution < -0.4 is 10.6 Å². The van der Waals surface area contributed by atoms with Gasteiger partial charge in [-0.1, -0.05) is 43.7 Å². The number of hydrogen-bond donors (Lipinski definition) is 2. The molecule has 0 spiro atoms. The first-order chi connectivity index (χ1) is 15.2. The second kappa shape index (κ2) is 10.3. The van der Waals surface area contributed by atoms with Gasteiger partial charge in [0.1, 0.15) is 4.90 Å². The van der Waals surface area contributed by atoms with Gasteiger partial charge >= 0.3 is 0 Å². The van der Waals surface area contributed by atoms with E-state index in [1.165, 1.54) is 11.2 Å². The summed E-state index contributed by atoms with van der Waals surface area (Å²) in [6.45, 7) is 6.03. The number of anilines is 1. The number of aryl methyl sites for hydroxylation is 1. The number of hydrogen-bond acceptors (Lipinski definition) is 4. The number of carbonyl (C=O) groups excluding carboxylic acids is 2. The molecule has 0 fully saturated rings. The Kier molecular flexibility index (Phi) is 7.69. The fourth-order valence-corrected chi connectivity index (χ4v) is 5.88. The van der Waals surface area contributed by atoms with Crippen molar-refractivity contribution in [2.75, 3.05) is 18.4 Å². The zero-order valence-electron chi connectivity index (χ0n) is 18.8. The van der Waals surface area contributed by atoms with Crippen LogP contribution in [0.5, 0.6) is 0 Å². The van der Waals surface area contributed by atoms with Crippen LogP contribution >= 0.6 is 0 Å². The zero-order valence-corrected chi connectivity index (χ0v) is 19.7. The third-order valence-corrected chi connectivity index (χ3v) is 7.58. The molecule has 0 aromatic heterocycles. The molecule has 1 heterocycles. The minimum absolute atomic E-state index is 0.0429. The third-order valence-electron chi connectivity index (χ3n) is 5.63. The molecule has 0 bridgehead atoms. The Morgan fingerprint density at radius 1 is 1.16 bits per heavy atom. The SMILES string of the molecule is CCCCNC(=O)C[C@H]1c2ccccc2CCN1S(=O)(=O)c1cc(C)ccc1NC(C)=O. The highest BCUT2D eigenvalue weighted by Gasteiger charge is 2.38. The maximum absolute atomic E-state index is 13.8. The summed E-state index contributed by atoms with van der Waals surface area (Å²) < 4.78 is 29.1. The first kappa shape index (κ1) is 23.9. The van der Waals surface area contributed by atoms with Gasteiger partial charge in [-0.2, -0.15) is 4.31 Å². The van der Waals surface area contributed by atoms with Crippen LogP contribution in [-0.4, -0.2) is 37.6 Å². The van der Waals surface area contributed by atoms with Gasteiger partial charge in [0.25, 0.3) is 0 Å². The third kappa shape index (κ3) is 5.37. The van der Waals surface area contributed by atoms with E-state index >= 15 is 0 Å². The van der Waals surface area contributed by atoms with Gasteiger partial charge < -0.3 is 10.6 Å². The molecule has 0 saturated carbocycles. The second-order valence-corrected chi connectivity index (χ2v) is 10.0. The number of amides is 2. The molecular formula is C24H31N3O4S. The second-order valence-electron chi connectivity index (χ2n) is 8.17. The molecule has 1 aliphatic rings. The van der Waals surface area contributed by atoms with Crippen molar-refractivity contribution in [1.82, 2.24) is 9.62 Å². The Hall–Kier alpha value is -2.71. The van der Waals surface area contributed by atoms with Crippen molar-refractivity contribution in [3.8, 4) is 0 Å². The van der Waals surface area contributed by atoms with E-state index in [9.17, 15) is 18.0 Å². The summed E-state index contributed by atoms with van der Waals surface area (Å²) in [5.74, 6) is -0.521. The van der Waals surface area contributed by atoms with Crippen LogP contribution in [0.1, 0.15) is 55.8 Å². The fourth-order valence-electron chi connectivity index (χ4n) is 4.04. The lowest BCUT2D eigenvalue weighted by molar-refractivity contribution is -0.122. The Balaban J connectivity index is 2.01. The fraction of sp³-hybridized carbons (Fsp3) is 0.417. The van der Waals surface area contributed by atoms with Crippen molar-refractivity contribution >= 4 is 27.5 Å². The van der Waals surface area contributed by atoms with Gasteiger partial charge in [-0.25, -0.2) is 8.42 Å². The van der Waals surface area contributed by atoms with Crippen molar-refractivity contribution in [2.24, 2.45) is 0 Å². The van der Waals surface area contributed by atoms with E-state index in [1.54, 1.807) is 25.1 Å². The molecule has 2 N–H and O–H groups in total. The quantitative estimate of drug-likeness (QED) is 0.593. The summed E-state index contributed by atoms with van der Waals surface area (Å²) in [5, 5.41) is 5.53. The smallest absolute Gasteiger partial charge is 0.245 e. The molecule has 0 radical (unpaired) electrons. The molecule has 7 nitrogen and oxygen atoms in total. The average Bonchev–Trinajstić information content (AvgIpc) is 2.75. The summed E-state index contributed by atoms with van der Waals surface area (Å²) >= 11 is 0. The molecule has 0 aliphatic carbocycles. The van der Waals surface area contributed by atoms with Crippen LogP contribution in [0, 0.1) is 6.92 Å². The average molecular weight is 458 g/mol. The van der Waals surface area contributed by atoms with E-state index in [4.69, 9.17) is 0 Å². The number of unbranched alkanes of at least 4 members (excludes halogenated alkanes) is 1. The van der Waals surface area contributed by atoms with Crippen LogP contribution in [0.15, 0.2) is 47.4 Å². The van der Waals surface area contributed by atoms with E-state index in [0.717, 1.165) is 29.5 Å². The molecule has 1 aliphatic heterocycles. The van der Waals surface area contributed by atoms with Gasteiger partial charge in [-0.3, -0.25) is 9.59 Å². The molecule has 2 amide bonds. The number of benzene rings is 2. The molecule has 1 atom stereocenters. The number of sulfonamides is 1. The largest absolute Gasteiger partial charge is 0.356 e. The summed E-state index contributed by atoms with van der Waals surface area (Å²) in [6, 6.07) is 12.0. The lowest BCUT2D eigenvalue weighted by atomic mass is 9.92. The Labute approximate surface area is 190 Å². The van der Waals surface area contributed by atoms with Crippen molar-refractivity contribution in [1.29, 1.82) is 0 Å². The molecule has 0 unspecified atom stereocenters. The van der Waals surface area contributed by atoms with Crippen molar-refractivity contribution in [3.05, 3.63) is 59.2 Å². The van der Waals surface area contributed by atoms with Crippen LogP contribution in [0.4, 0.5) is 5.69 Å². The van der Waals surface area contributed by atoms with E-state index in [0.29, 0.717) is 13.0 Å². The number of nitrogens with zero attached hydrogens (tertiary/aromatic N) is 1. The molecule has 3 rings (SSSR count). The number of carbonyl (C=O) groups is 2. The molecule has 172 valence electrons. The maximum Gasteiger partial charge on any atom is 0.245 e. The lowest BCUT2D eigenvalue weighted by Gasteiger charge is -2.36. The molecule has 32 heavy (non-hydrogen) atoms. The minimum atomic E-state index is -3.98. The van der Waals surface area contributed by atoms with Gasteiger partial charge in [0, 0.05) is 26.4 Å². The normalized spacial score (nSPS) is 16.3. The predicted molar refractivity (Wildman–Crippen MR) is 125 cm³/mol. The number of rotatable bonds is 8. The van der Waals surface area contributed by atoms with E-state index in [-0.39, 0.29) is 35.4 Å². The molecule has 8 heteroatoms. The highest BCUT2D eigenvalue weighted by molar-refractivity contribution is 7.89. The van der Waals surface area contributed by atoms with E-state index in [2.05, 4.69) is 10.6 Å². The Morgan fingerprint density at radius 2 is 1.91 bits per heavy atom. The van der Waals surface area contributed by atoms with Crippen molar-refractivity contribution in [2.45, 2.75) is 57.4 Å². The molecule has 2 aromatic carbocycles. The summed E-state index contributed by atoms with van der Waals surface area (Å²) in [7, 11) is -3.98. The van der Waals surface area contributed by atoms with Gasteiger partial charge in [-0.05, 0) is 48.6 Å². The highest BCUT2D eigenvalue weighted by atomic mass is 32.2. The number of fused-ring (bicyclic) bond motifs is 1. The first-order valence-electron chi connectivity index (χ1n) is 11.0.